The highest BCUT2D eigenvalue weighted by Gasteiger charge is 2.48. The highest BCUT2D eigenvalue weighted by atomic mass is 32.1. The van der Waals surface area contributed by atoms with E-state index < -0.39 is 11.8 Å². The first-order valence-electron chi connectivity index (χ1n) is 5.74. The first-order valence-corrected chi connectivity index (χ1v) is 6.62. The van der Waals surface area contributed by atoms with Crippen LogP contribution in [-0.2, 0) is 20.7 Å². The maximum absolute atomic E-state index is 12.0. The van der Waals surface area contributed by atoms with Gasteiger partial charge in [-0.15, -0.1) is 11.3 Å². The average molecular weight is 298 g/mol. The number of carbonyl (C=O) groups is 3. The Bertz CT molecular complexity index is 554. The fraction of sp³-hybridized carbons (Fsp3) is 0.364. The van der Waals surface area contributed by atoms with E-state index in [1.165, 1.54) is 18.4 Å². The zero-order valence-electron chi connectivity index (χ0n) is 10.7. The van der Waals surface area contributed by atoms with Gasteiger partial charge in [0.2, 0.25) is 11.6 Å². The summed E-state index contributed by atoms with van der Waals surface area (Å²) in [4.78, 5) is 34.8. The van der Waals surface area contributed by atoms with Gasteiger partial charge in [0.25, 0.3) is 5.91 Å². The van der Waals surface area contributed by atoms with Crippen LogP contribution in [0.1, 0.15) is 4.88 Å². The molecule has 1 unspecified atom stereocenters. The maximum Gasteiger partial charge on any atom is 0.316 e. The predicted molar refractivity (Wildman–Crippen MR) is 72.1 cm³/mol. The van der Waals surface area contributed by atoms with Crippen molar-refractivity contribution in [3.8, 4) is 0 Å². The van der Waals surface area contributed by atoms with Crippen molar-refractivity contribution in [2.45, 2.75) is 12.1 Å². The van der Waals surface area contributed by atoms with E-state index in [1.54, 1.807) is 11.4 Å². The SMILES string of the molecule is COC1(NC(=O)Cc2sccc2NC(N)=O)CNC1=O. The van der Waals surface area contributed by atoms with Crippen LogP contribution in [0.15, 0.2) is 11.4 Å². The lowest BCUT2D eigenvalue weighted by molar-refractivity contribution is -0.166. The van der Waals surface area contributed by atoms with Crippen molar-refractivity contribution in [2.24, 2.45) is 5.73 Å². The van der Waals surface area contributed by atoms with Crippen molar-refractivity contribution in [2.75, 3.05) is 19.0 Å². The lowest BCUT2D eigenvalue weighted by Gasteiger charge is -2.39. The second-order valence-corrected chi connectivity index (χ2v) is 5.19. The number of hydrogen-bond donors (Lipinski definition) is 4. The predicted octanol–water partition coefficient (Wildman–Crippen LogP) is -0.630. The molecule has 1 atom stereocenters. The van der Waals surface area contributed by atoms with Gasteiger partial charge in [0.1, 0.15) is 0 Å². The molecule has 1 saturated heterocycles. The van der Waals surface area contributed by atoms with E-state index in [0.29, 0.717) is 10.6 Å². The van der Waals surface area contributed by atoms with Gasteiger partial charge >= 0.3 is 6.03 Å². The summed E-state index contributed by atoms with van der Waals surface area (Å²) < 4.78 is 5.04. The molecule has 9 heteroatoms. The van der Waals surface area contributed by atoms with Crippen molar-refractivity contribution < 1.29 is 19.1 Å². The molecule has 0 saturated carbocycles. The first-order chi connectivity index (χ1) is 9.47. The third kappa shape index (κ3) is 2.73. The van der Waals surface area contributed by atoms with Crippen molar-refractivity contribution in [1.82, 2.24) is 10.6 Å². The molecule has 1 aliphatic rings. The van der Waals surface area contributed by atoms with Crippen LogP contribution < -0.4 is 21.7 Å². The van der Waals surface area contributed by atoms with Crippen molar-refractivity contribution in [3.63, 3.8) is 0 Å². The Morgan fingerprint density at radius 2 is 2.35 bits per heavy atom. The van der Waals surface area contributed by atoms with Crippen LogP contribution >= 0.6 is 11.3 Å². The Kier molecular flexibility index (Phi) is 3.91. The van der Waals surface area contributed by atoms with E-state index in [9.17, 15) is 14.4 Å². The van der Waals surface area contributed by atoms with Crippen molar-refractivity contribution >= 4 is 34.9 Å². The van der Waals surface area contributed by atoms with E-state index in [1.807, 2.05) is 0 Å². The molecule has 1 aliphatic heterocycles. The largest absolute Gasteiger partial charge is 0.351 e. The molecule has 2 heterocycles. The van der Waals surface area contributed by atoms with Crippen LogP contribution in [0.25, 0.3) is 0 Å². The minimum Gasteiger partial charge on any atom is -0.351 e. The van der Waals surface area contributed by atoms with Crippen LogP contribution in [0.4, 0.5) is 10.5 Å². The zero-order chi connectivity index (χ0) is 14.8. The molecule has 5 N–H and O–H groups in total. The number of hydrogen-bond acceptors (Lipinski definition) is 5. The Labute approximate surface area is 118 Å². The molecule has 20 heavy (non-hydrogen) atoms. The Balaban J connectivity index is 2.00. The summed E-state index contributed by atoms with van der Waals surface area (Å²) >= 11 is 1.31. The van der Waals surface area contributed by atoms with Gasteiger partial charge in [-0.1, -0.05) is 0 Å². The zero-order valence-corrected chi connectivity index (χ0v) is 11.5. The average Bonchev–Trinajstić information content (AvgIpc) is 2.80. The van der Waals surface area contributed by atoms with Crippen LogP contribution in [0, 0.1) is 0 Å². The van der Waals surface area contributed by atoms with Crippen LogP contribution in [0.2, 0.25) is 0 Å². The van der Waals surface area contributed by atoms with E-state index in [0.717, 1.165) is 0 Å². The number of nitrogens with one attached hydrogen (secondary N) is 3. The summed E-state index contributed by atoms with van der Waals surface area (Å²) in [7, 11) is 1.35. The second kappa shape index (κ2) is 5.47. The summed E-state index contributed by atoms with van der Waals surface area (Å²) in [6.45, 7) is 0.227. The number of amides is 4. The van der Waals surface area contributed by atoms with Gasteiger partial charge in [-0.3, -0.25) is 9.59 Å². The number of rotatable bonds is 5. The number of anilines is 1. The normalized spacial score (nSPS) is 20.8. The third-order valence-electron chi connectivity index (χ3n) is 2.88. The van der Waals surface area contributed by atoms with Crippen LogP contribution in [0.3, 0.4) is 0 Å². The highest BCUT2D eigenvalue weighted by Crippen LogP contribution is 2.23. The number of methoxy groups -OCH3 is 1. The Morgan fingerprint density at radius 1 is 1.60 bits per heavy atom. The summed E-state index contributed by atoms with van der Waals surface area (Å²) in [5, 5.41) is 9.20. The quantitative estimate of drug-likeness (QED) is 0.427. The van der Waals surface area contributed by atoms with Crippen molar-refractivity contribution in [1.29, 1.82) is 0 Å². The number of ether oxygens (including phenoxy) is 1. The molecule has 4 amide bonds. The summed E-state index contributed by atoms with van der Waals surface area (Å²) in [6, 6.07) is 0.956. The number of primary amides is 1. The lowest BCUT2D eigenvalue weighted by atomic mass is 10.1. The van der Waals surface area contributed by atoms with E-state index >= 15 is 0 Å². The number of nitrogens with two attached hydrogens (primary N) is 1. The third-order valence-corrected chi connectivity index (χ3v) is 3.80. The summed E-state index contributed by atoms with van der Waals surface area (Å²) in [6.07, 6.45) is 0.0195. The molecule has 1 aromatic heterocycles. The van der Waals surface area contributed by atoms with Gasteiger partial charge < -0.3 is 26.4 Å². The minimum atomic E-state index is -1.29. The lowest BCUT2D eigenvalue weighted by Crippen LogP contribution is -2.74. The molecular weight excluding hydrogens is 284 g/mol. The van der Waals surface area contributed by atoms with Crippen molar-refractivity contribution in [3.05, 3.63) is 16.3 Å². The van der Waals surface area contributed by atoms with E-state index in [-0.39, 0.29) is 24.8 Å². The Morgan fingerprint density at radius 3 is 2.85 bits per heavy atom. The smallest absolute Gasteiger partial charge is 0.316 e. The monoisotopic (exact) mass is 298 g/mol. The minimum absolute atomic E-state index is 0.0195. The standard InChI is InChI=1S/C11H14N4O4S/c1-19-11(5-13-9(11)17)15-8(16)4-7-6(2-3-20-7)14-10(12)18/h2-3H,4-5H2,1H3,(H,13,17)(H,15,16)(H3,12,14,18). The molecule has 0 aromatic carbocycles. The summed E-state index contributed by atoms with van der Waals surface area (Å²) in [5.74, 6) is -0.758. The molecule has 0 aliphatic carbocycles. The first kappa shape index (κ1) is 14.3. The summed E-state index contributed by atoms with van der Waals surface area (Å²) in [5.41, 5.74) is 4.24. The van der Waals surface area contributed by atoms with Gasteiger partial charge in [-0.25, -0.2) is 4.79 Å². The topological polar surface area (TPSA) is 123 Å². The van der Waals surface area contributed by atoms with E-state index in [4.69, 9.17) is 10.5 Å². The molecular formula is C11H14N4O4S. The van der Waals surface area contributed by atoms with Gasteiger partial charge in [-0.2, -0.15) is 0 Å². The molecule has 1 aromatic rings. The number of carbonyl (C=O) groups excluding carboxylic acids is 3. The van der Waals surface area contributed by atoms with Crippen LogP contribution in [-0.4, -0.2) is 37.2 Å². The number of urea groups is 1. The highest BCUT2D eigenvalue weighted by molar-refractivity contribution is 7.10. The van der Waals surface area contributed by atoms with Gasteiger partial charge in [0.05, 0.1) is 18.7 Å². The molecule has 108 valence electrons. The van der Waals surface area contributed by atoms with Crippen LogP contribution in [0.5, 0.6) is 0 Å². The van der Waals surface area contributed by atoms with E-state index in [2.05, 4.69) is 16.0 Å². The maximum atomic E-state index is 12.0. The van der Waals surface area contributed by atoms with Gasteiger partial charge in [-0.05, 0) is 11.4 Å². The molecule has 0 bridgehead atoms. The number of thiophene rings is 1. The molecule has 1 fully saturated rings. The molecule has 0 radical (unpaired) electrons. The number of β-lactam (4-membered cyclic amide) rings is 1. The second-order valence-electron chi connectivity index (χ2n) is 4.19. The molecule has 2 rings (SSSR count). The Hall–Kier alpha value is -2.13. The molecule has 0 spiro atoms. The van der Waals surface area contributed by atoms with Gasteiger partial charge in [0.15, 0.2) is 0 Å². The fourth-order valence-electron chi connectivity index (χ4n) is 1.77. The fourth-order valence-corrected chi connectivity index (χ4v) is 2.60. The molecule has 8 nitrogen and oxygen atoms in total. The van der Waals surface area contributed by atoms with Gasteiger partial charge in [0, 0.05) is 12.0 Å².